The molecule has 16 N–H and O–H groups in total. The summed E-state index contributed by atoms with van der Waals surface area (Å²) < 4.78 is 32.2. The van der Waals surface area contributed by atoms with Crippen molar-refractivity contribution in [3.05, 3.63) is 314 Å². The van der Waals surface area contributed by atoms with Gasteiger partial charge < -0.3 is 92.0 Å². The van der Waals surface area contributed by atoms with Crippen LogP contribution in [0.1, 0.15) is 295 Å². The van der Waals surface area contributed by atoms with Crippen LogP contribution >= 0.6 is 58.0 Å². The van der Waals surface area contributed by atoms with Crippen LogP contribution in [0.4, 0.5) is 0 Å². The van der Waals surface area contributed by atoms with Crippen LogP contribution in [0.15, 0.2) is 179 Å². The van der Waals surface area contributed by atoms with Crippen LogP contribution in [-0.2, 0) is 39.3 Å². The number of nitrogens with two attached hydrogens (primary N) is 4. The smallest absolute Gasteiger partial charge is 0.273 e. The molecule has 722 valence electrons. The van der Waals surface area contributed by atoms with Crippen LogP contribution in [0.5, 0.6) is 0 Å². The van der Waals surface area contributed by atoms with Gasteiger partial charge in [-0.2, -0.15) is 0 Å². The van der Waals surface area contributed by atoms with E-state index in [1.54, 1.807) is 0 Å². The van der Waals surface area contributed by atoms with E-state index in [0.29, 0.717) is 111 Å². The normalized spacial score (nSPS) is 14.7. The molecule has 30 nitrogen and oxygen atoms in total. The van der Waals surface area contributed by atoms with Gasteiger partial charge in [-0.1, -0.05) is 217 Å². The van der Waals surface area contributed by atoms with Crippen LogP contribution < -0.4 is 65.5 Å². The summed E-state index contributed by atoms with van der Waals surface area (Å²) in [5.41, 5.74) is 37.5. The van der Waals surface area contributed by atoms with E-state index in [4.69, 9.17) is 107 Å². The summed E-state index contributed by atoms with van der Waals surface area (Å²) >= 11 is 30.4. The van der Waals surface area contributed by atoms with Crippen LogP contribution in [0.2, 0.25) is 25.1 Å². The van der Waals surface area contributed by atoms with Gasteiger partial charge in [-0.05, 0) is 196 Å². The molecule has 2 aliphatic heterocycles. The summed E-state index contributed by atoms with van der Waals surface area (Å²) in [6.45, 7) is 33.9. The number of hydrogen-bond donors (Lipinski definition) is 12. The molecule has 6 aromatic carbocycles. The summed E-state index contributed by atoms with van der Waals surface area (Å²) in [5.74, 6) is 2.56. The van der Waals surface area contributed by atoms with Crippen molar-refractivity contribution in [3.63, 3.8) is 0 Å². The van der Waals surface area contributed by atoms with E-state index < -0.39 is 0 Å². The molecule has 4 unspecified atom stereocenters. The Bertz CT molecular complexity index is 5480. The van der Waals surface area contributed by atoms with Crippen molar-refractivity contribution >= 4 is 93.4 Å². The van der Waals surface area contributed by atoms with E-state index in [0.717, 1.165) is 126 Å². The number of piperidine rings is 2. The molecule has 12 aromatic rings. The first-order valence-corrected chi connectivity index (χ1v) is 47.0. The van der Waals surface area contributed by atoms with E-state index >= 15 is 0 Å². The number of carbonyl (C=O) groups excluding carboxylic acids is 6. The number of nitrogens with zero attached hydrogens (tertiary/aromatic N) is 6. The summed E-state index contributed by atoms with van der Waals surface area (Å²) in [6, 6.07) is 35.3. The molecule has 6 aromatic heterocycles. The first kappa shape index (κ1) is 107. The lowest BCUT2D eigenvalue weighted by Gasteiger charge is -2.19. The van der Waals surface area contributed by atoms with Gasteiger partial charge in [0.2, 0.25) is 23.6 Å². The minimum absolute atomic E-state index is 0.185. The molecule has 2 aliphatic rings. The molecule has 0 radical (unpaired) electrons. The maximum atomic E-state index is 12.2. The van der Waals surface area contributed by atoms with Gasteiger partial charge in [-0.15, -0.1) is 0 Å². The number of benzene rings is 6. The first-order chi connectivity index (χ1) is 64.4. The van der Waals surface area contributed by atoms with Crippen molar-refractivity contribution in [2.75, 3.05) is 26.2 Å². The van der Waals surface area contributed by atoms with Crippen LogP contribution in [-0.4, -0.2) is 91.5 Å². The highest BCUT2D eigenvalue weighted by molar-refractivity contribution is 6.32. The van der Waals surface area contributed by atoms with Gasteiger partial charge >= 0.3 is 0 Å². The number of nitrogens with one attached hydrogen (secondary N) is 8. The molecule has 0 aliphatic carbocycles. The summed E-state index contributed by atoms with van der Waals surface area (Å²) in [7, 11) is 0. The molecule has 8 heterocycles. The van der Waals surface area contributed by atoms with E-state index in [9.17, 15) is 28.8 Å². The highest BCUT2D eigenvalue weighted by atomic mass is 35.5. The number of oxazole rings is 6. The molecular formula is C100H125Cl5N18O12. The van der Waals surface area contributed by atoms with Crippen molar-refractivity contribution in [3.8, 4) is 0 Å². The van der Waals surface area contributed by atoms with E-state index in [1.807, 2.05) is 206 Å². The maximum Gasteiger partial charge on any atom is 0.273 e. The Labute approximate surface area is 813 Å². The van der Waals surface area contributed by atoms with Gasteiger partial charge in [0.1, 0.15) is 37.6 Å². The standard InChI is InChI=1S/C17H20ClN3O2.2C17H22ClN3O2.C17H21N3O2.2C16H20ClN3O2/c1-11-4-5-12(7-14(11)18)8-20-16(22)15-10-23-17(21-15)13-3-2-6-19-9-13;2*1-4-10(2)15(19)17-21-14(9-23-17)16(22)20-8-12-6-5-11(3)13(18)7-12;1-12-4-2-5-13(8-12)9-19-16(21)15-11-22-17(20-15)14-6-3-7-18-10-14;2*1-9(2)14(18)16-20-13(8-22-16)15(21)19-7-11-5-4-10(3)12(17)6-11/h4-5,7,10,13,19H,2-3,6,8-9H2,1H3,(H,20,22);2*5-7,9-10,15H,4,8,19H2,1-3H3,(H,20,22);2,4-5,8,11,14,18H,3,6-7,9-10H2,1H3,(H,19,21);2*4-6,8-9,14H,7,18H2,1-3H3,(H,19,21)/t;2*10?,15-;;2*14-/m.10.10/s1. The Morgan fingerprint density at radius 2 is 0.593 bits per heavy atom. The second-order valence-corrected chi connectivity index (χ2v) is 36.4. The fourth-order valence-corrected chi connectivity index (χ4v) is 14.2. The number of rotatable bonds is 30. The molecule has 0 spiro atoms. The molecule has 6 amide bonds. The Balaban J connectivity index is 0.000000182. The summed E-state index contributed by atoms with van der Waals surface area (Å²) in [4.78, 5) is 98.1. The average molecular weight is 1950 g/mol. The number of hydrogen-bond acceptors (Lipinski definition) is 24. The predicted molar refractivity (Wildman–Crippen MR) is 524 cm³/mol. The number of aryl methyl sites for hydroxylation is 6. The summed E-state index contributed by atoms with van der Waals surface area (Å²) in [5, 5.41) is 26.9. The van der Waals surface area contributed by atoms with Crippen molar-refractivity contribution < 1.29 is 55.3 Å². The van der Waals surface area contributed by atoms with E-state index in [2.05, 4.69) is 78.5 Å². The molecule has 0 bridgehead atoms. The Hall–Kier alpha value is -11.4. The van der Waals surface area contributed by atoms with Gasteiger partial charge in [0, 0.05) is 89.3 Å². The van der Waals surface area contributed by atoms with E-state index in [1.165, 1.54) is 43.1 Å². The molecule has 2 fully saturated rings. The lowest BCUT2D eigenvalue weighted by molar-refractivity contribution is 0.0938. The topological polar surface area (TPSA) is 459 Å². The fourth-order valence-electron chi connectivity index (χ4n) is 13.2. The number of carbonyl (C=O) groups is 6. The van der Waals surface area contributed by atoms with Gasteiger partial charge in [-0.25, -0.2) is 29.9 Å². The van der Waals surface area contributed by atoms with Gasteiger partial charge in [0.25, 0.3) is 35.4 Å². The van der Waals surface area contributed by atoms with Gasteiger partial charge in [-0.3, -0.25) is 28.8 Å². The average Bonchev–Trinajstić information content (AvgIpc) is 1.68. The summed E-state index contributed by atoms with van der Waals surface area (Å²) in [6.07, 6.45) is 14.4. The molecule has 8 atom stereocenters. The molecule has 35 heteroatoms. The van der Waals surface area contributed by atoms with Crippen LogP contribution in [0.25, 0.3) is 0 Å². The fraction of sp³-hybridized carbons (Fsp3) is 0.400. The largest absolute Gasteiger partial charge is 0.448 e. The highest BCUT2D eigenvalue weighted by Gasteiger charge is 2.28. The lowest BCUT2D eigenvalue weighted by Crippen LogP contribution is -2.28. The molecule has 14 rings (SSSR count). The highest BCUT2D eigenvalue weighted by Crippen LogP contribution is 2.30. The number of aromatic nitrogens is 6. The zero-order valence-corrected chi connectivity index (χ0v) is 82.6. The van der Waals surface area contributed by atoms with Gasteiger partial charge in [0.05, 0.1) is 24.2 Å². The monoisotopic (exact) mass is 1940 g/mol. The minimum Gasteiger partial charge on any atom is -0.448 e. The third-order valence-corrected chi connectivity index (χ3v) is 24.9. The second-order valence-electron chi connectivity index (χ2n) is 34.4. The molecular weight excluding hydrogens is 1820 g/mol. The van der Waals surface area contributed by atoms with Crippen molar-refractivity contribution in [1.82, 2.24) is 72.4 Å². The van der Waals surface area contributed by atoms with Gasteiger partial charge in [0.15, 0.2) is 45.9 Å². The second kappa shape index (κ2) is 53.2. The maximum absolute atomic E-state index is 12.2. The van der Waals surface area contributed by atoms with Crippen LogP contribution in [0.3, 0.4) is 0 Å². The van der Waals surface area contributed by atoms with Crippen LogP contribution in [0, 0.1) is 65.2 Å². The SMILES string of the molecule is CCC(C)[C@@H](N)c1nc(C(=O)NCc2ccc(C)c(Cl)c2)co1.CCC(C)[C@H](N)c1nc(C(=O)NCc2ccc(C)c(Cl)c2)co1.Cc1ccc(CNC(=O)c2coc(C3CCCNC3)n2)cc1Cl.Cc1ccc(CNC(=O)c2coc([C@@H](N)C(C)C)n2)cc1Cl.Cc1ccc(CNC(=O)c2coc([C@H](N)C(C)C)n2)cc1Cl.Cc1cccc(CNC(=O)c2coc(C3CCCNC3)n2)c1. The van der Waals surface area contributed by atoms with E-state index in [-0.39, 0.29) is 118 Å². The third kappa shape index (κ3) is 33.2. The predicted octanol–water partition coefficient (Wildman–Crippen LogP) is 19.1. The quantitative estimate of drug-likeness (QED) is 0.0199. The first-order valence-electron chi connectivity index (χ1n) is 45.1. The van der Waals surface area contributed by atoms with Crippen molar-refractivity contribution in [2.45, 2.75) is 211 Å². The lowest BCUT2D eigenvalue weighted by atomic mass is 10.00. The third-order valence-electron chi connectivity index (χ3n) is 22.9. The van der Waals surface area contributed by atoms with Crippen molar-refractivity contribution in [1.29, 1.82) is 0 Å². The number of halogens is 5. The molecule has 0 saturated carbocycles. The Morgan fingerprint density at radius 1 is 0.348 bits per heavy atom. The molecule has 135 heavy (non-hydrogen) atoms. The molecule has 2 saturated heterocycles. The van der Waals surface area contributed by atoms with Crippen molar-refractivity contribution in [2.24, 2.45) is 46.6 Å². The Morgan fingerprint density at radius 3 is 0.822 bits per heavy atom. The Kier molecular flexibility index (Phi) is 42.3. The zero-order valence-electron chi connectivity index (χ0n) is 78.8. The minimum atomic E-state index is -0.322. The number of amides is 6. The zero-order chi connectivity index (χ0) is 98.1.